The number of piperazine rings is 1. The number of hydrogen-bond acceptors (Lipinski definition) is 3. The summed E-state index contributed by atoms with van der Waals surface area (Å²) in [5, 5.41) is 3.02. The Labute approximate surface area is 140 Å². The molecule has 1 aliphatic heterocycles. The lowest BCUT2D eigenvalue weighted by molar-refractivity contribution is -0.121. The number of anilines is 1. The zero-order valence-electron chi connectivity index (χ0n) is 14.8. The summed E-state index contributed by atoms with van der Waals surface area (Å²) < 4.78 is 0. The minimum atomic E-state index is 0.187. The highest BCUT2D eigenvalue weighted by Gasteiger charge is 2.17. The molecule has 1 aliphatic rings. The summed E-state index contributed by atoms with van der Waals surface area (Å²) in [6, 6.07) is 8.69. The van der Waals surface area contributed by atoms with Gasteiger partial charge < -0.3 is 10.2 Å². The summed E-state index contributed by atoms with van der Waals surface area (Å²) in [6.45, 7) is 12.3. The largest absolute Gasteiger partial charge is 0.369 e. The van der Waals surface area contributed by atoms with E-state index in [1.54, 1.807) is 0 Å². The van der Waals surface area contributed by atoms with E-state index in [1.807, 2.05) is 0 Å². The van der Waals surface area contributed by atoms with Crippen LogP contribution in [0.5, 0.6) is 0 Å². The summed E-state index contributed by atoms with van der Waals surface area (Å²) in [5.41, 5.74) is 2.62. The maximum absolute atomic E-state index is 11.8. The van der Waals surface area contributed by atoms with Gasteiger partial charge in [-0.25, -0.2) is 0 Å². The predicted octanol–water partition coefficient (Wildman–Crippen LogP) is 2.67. The lowest BCUT2D eigenvalue weighted by Crippen LogP contribution is -2.47. The first-order valence-corrected chi connectivity index (χ1v) is 8.85. The molecule has 1 saturated heterocycles. The number of carbonyl (C=O) groups excluding carboxylic acids is 1. The fourth-order valence-corrected chi connectivity index (χ4v) is 2.90. The highest BCUT2D eigenvalue weighted by molar-refractivity contribution is 5.76. The van der Waals surface area contributed by atoms with Crippen LogP contribution in [0.25, 0.3) is 0 Å². The van der Waals surface area contributed by atoms with Crippen molar-refractivity contribution >= 4 is 11.6 Å². The average Bonchev–Trinajstić information content (AvgIpc) is 2.53. The van der Waals surface area contributed by atoms with Gasteiger partial charge in [0, 0.05) is 51.4 Å². The highest BCUT2D eigenvalue weighted by atomic mass is 16.1. The quantitative estimate of drug-likeness (QED) is 0.840. The van der Waals surface area contributed by atoms with Crippen LogP contribution in [0.4, 0.5) is 5.69 Å². The molecule has 1 N–H and O–H groups in total. The number of benzene rings is 1. The summed E-state index contributed by atoms with van der Waals surface area (Å²) >= 11 is 0. The van der Waals surface area contributed by atoms with Gasteiger partial charge in [0.15, 0.2) is 0 Å². The van der Waals surface area contributed by atoms with Crippen LogP contribution in [0.3, 0.4) is 0 Å². The van der Waals surface area contributed by atoms with Crippen molar-refractivity contribution < 1.29 is 4.79 Å². The molecule has 4 nitrogen and oxygen atoms in total. The third kappa shape index (κ3) is 6.22. The van der Waals surface area contributed by atoms with Crippen LogP contribution in [-0.2, 0) is 4.79 Å². The van der Waals surface area contributed by atoms with Gasteiger partial charge in [-0.1, -0.05) is 26.0 Å². The Morgan fingerprint density at radius 2 is 1.96 bits per heavy atom. The molecule has 1 amide bonds. The number of amides is 1. The SMILES string of the molecule is Cc1cccc(N2CCN(CCC(=O)NCCC(C)C)CC2)c1. The number of carbonyl (C=O) groups is 1. The maximum Gasteiger partial charge on any atom is 0.221 e. The Bertz CT molecular complexity index is 493. The zero-order valence-corrected chi connectivity index (χ0v) is 14.8. The number of nitrogens with zero attached hydrogens (tertiary/aromatic N) is 2. The van der Waals surface area contributed by atoms with Crippen LogP contribution in [-0.4, -0.2) is 50.1 Å². The van der Waals surface area contributed by atoms with Crippen molar-refractivity contribution in [1.29, 1.82) is 0 Å². The smallest absolute Gasteiger partial charge is 0.221 e. The molecule has 128 valence electrons. The van der Waals surface area contributed by atoms with Gasteiger partial charge in [-0.15, -0.1) is 0 Å². The topological polar surface area (TPSA) is 35.6 Å². The molecular formula is C19H31N3O. The van der Waals surface area contributed by atoms with Crippen molar-refractivity contribution in [3.63, 3.8) is 0 Å². The van der Waals surface area contributed by atoms with E-state index in [0.29, 0.717) is 12.3 Å². The van der Waals surface area contributed by atoms with Gasteiger partial charge in [0.2, 0.25) is 5.91 Å². The van der Waals surface area contributed by atoms with Crippen LogP contribution in [0, 0.1) is 12.8 Å². The minimum absolute atomic E-state index is 0.187. The lowest BCUT2D eigenvalue weighted by Gasteiger charge is -2.36. The first-order chi connectivity index (χ1) is 11.0. The van der Waals surface area contributed by atoms with Gasteiger partial charge in [0.25, 0.3) is 0 Å². The molecule has 1 fully saturated rings. The molecule has 0 atom stereocenters. The standard InChI is InChI=1S/C19H31N3O/c1-16(2)7-9-20-19(23)8-10-21-11-13-22(14-12-21)18-6-4-5-17(3)15-18/h4-6,15-16H,7-14H2,1-3H3,(H,20,23). The Morgan fingerprint density at radius 1 is 1.22 bits per heavy atom. The molecule has 0 spiro atoms. The molecule has 0 aromatic heterocycles. The van der Waals surface area contributed by atoms with Crippen molar-refractivity contribution in [3.8, 4) is 0 Å². The van der Waals surface area contributed by atoms with Gasteiger partial charge in [-0.2, -0.15) is 0 Å². The van der Waals surface area contributed by atoms with E-state index in [0.717, 1.165) is 45.7 Å². The Morgan fingerprint density at radius 3 is 2.61 bits per heavy atom. The van der Waals surface area contributed by atoms with E-state index in [1.165, 1.54) is 11.3 Å². The van der Waals surface area contributed by atoms with Crippen LogP contribution in [0.2, 0.25) is 0 Å². The molecule has 23 heavy (non-hydrogen) atoms. The fraction of sp³-hybridized carbons (Fsp3) is 0.632. The Hall–Kier alpha value is -1.55. The molecule has 0 bridgehead atoms. The number of hydrogen-bond donors (Lipinski definition) is 1. The van der Waals surface area contributed by atoms with Crippen molar-refractivity contribution in [3.05, 3.63) is 29.8 Å². The Kier molecular flexibility index (Phi) is 6.90. The highest BCUT2D eigenvalue weighted by Crippen LogP contribution is 2.17. The molecular weight excluding hydrogens is 286 g/mol. The maximum atomic E-state index is 11.8. The minimum Gasteiger partial charge on any atom is -0.369 e. The molecule has 1 heterocycles. The molecule has 1 aromatic carbocycles. The van der Waals surface area contributed by atoms with Crippen molar-refractivity contribution in [2.45, 2.75) is 33.6 Å². The average molecular weight is 317 g/mol. The molecule has 0 unspecified atom stereocenters. The van der Waals surface area contributed by atoms with Crippen LogP contribution in [0.15, 0.2) is 24.3 Å². The van der Waals surface area contributed by atoms with Crippen molar-refractivity contribution in [1.82, 2.24) is 10.2 Å². The predicted molar refractivity (Wildman–Crippen MR) is 96.9 cm³/mol. The summed E-state index contributed by atoms with van der Waals surface area (Å²) in [5.74, 6) is 0.830. The second kappa shape index (κ2) is 8.92. The zero-order chi connectivity index (χ0) is 16.7. The van der Waals surface area contributed by atoms with Crippen LogP contribution in [0.1, 0.15) is 32.3 Å². The molecule has 1 aromatic rings. The Balaban J connectivity index is 1.66. The van der Waals surface area contributed by atoms with Crippen molar-refractivity contribution in [2.24, 2.45) is 5.92 Å². The van der Waals surface area contributed by atoms with E-state index in [9.17, 15) is 4.79 Å². The van der Waals surface area contributed by atoms with Crippen molar-refractivity contribution in [2.75, 3.05) is 44.2 Å². The fourth-order valence-electron chi connectivity index (χ4n) is 2.90. The second-order valence-electron chi connectivity index (χ2n) is 6.95. The molecule has 0 aliphatic carbocycles. The number of aryl methyl sites for hydroxylation is 1. The first-order valence-electron chi connectivity index (χ1n) is 8.85. The first kappa shape index (κ1) is 17.8. The van der Waals surface area contributed by atoms with E-state index >= 15 is 0 Å². The van der Waals surface area contributed by atoms with Gasteiger partial charge in [-0.3, -0.25) is 9.69 Å². The van der Waals surface area contributed by atoms with Crippen LogP contribution < -0.4 is 10.2 Å². The van der Waals surface area contributed by atoms with E-state index in [-0.39, 0.29) is 5.91 Å². The molecule has 2 rings (SSSR count). The third-order valence-corrected chi connectivity index (χ3v) is 4.44. The lowest BCUT2D eigenvalue weighted by atomic mass is 10.1. The second-order valence-corrected chi connectivity index (χ2v) is 6.95. The van der Waals surface area contributed by atoms with Gasteiger partial charge in [0.1, 0.15) is 0 Å². The number of rotatable bonds is 7. The summed E-state index contributed by atoms with van der Waals surface area (Å²) in [6.07, 6.45) is 1.67. The van der Waals surface area contributed by atoms with E-state index in [4.69, 9.17) is 0 Å². The van der Waals surface area contributed by atoms with Gasteiger partial charge >= 0.3 is 0 Å². The summed E-state index contributed by atoms with van der Waals surface area (Å²) in [7, 11) is 0. The molecule has 0 saturated carbocycles. The summed E-state index contributed by atoms with van der Waals surface area (Å²) in [4.78, 5) is 16.7. The van der Waals surface area contributed by atoms with E-state index < -0.39 is 0 Å². The molecule has 4 heteroatoms. The van der Waals surface area contributed by atoms with Crippen LogP contribution >= 0.6 is 0 Å². The molecule has 0 radical (unpaired) electrons. The van der Waals surface area contributed by atoms with E-state index in [2.05, 4.69) is 60.2 Å². The normalized spacial score (nSPS) is 15.9. The monoisotopic (exact) mass is 317 g/mol. The third-order valence-electron chi connectivity index (χ3n) is 4.44. The number of nitrogens with one attached hydrogen (secondary N) is 1. The van der Waals surface area contributed by atoms with Gasteiger partial charge in [-0.05, 0) is 37.0 Å². The van der Waals surface area contributed by atoms with Gasteiger partial charge in [0.05, 0.1) is 0 Å².